The molecule has 0 spiro atoms. The van der Waals surface area contributed by atoms with Crippen LogP contribution < -0.4 is 26.4 Å². The van der Waals surface area contributed by atoms with E-state index in [2.05, 4.69) is 25.9 Å². The molecule has 0 fully saturated rings. The van der Waals surface area contributed by atoms with Crippen LogP contribution in [0, 0.1) is 0 Å². The molecule has 1 atom stereocenters. The Balaban J connectivity index is 1.57. The van der Waals surface area contributed by atoms with Gasteiger partial charge in [0.1, 0.15) is 17.7 Å². The molecular formula is C26H23F3N6O3. The number of carbonyl (C=O) groups is 2. The zero-order chi connectivity index (χ0) is 27.3. The SMILES string of the molecule is CNCC(Nc1ncnc2c(OC(N)=O)cccc12)c1cccc(NC(=O)c2ccc(C(F)(F)F)cc2)c1. The Morgan fingerprint density at radius 3 is 2.45 bits per heavy atom. The van der Waals surface area contributed by atoms with E-state index in [1.54, 1.807) is 43.4 Å². The second kappa shape index (κ2) is 11.1. The Labute approximate surface area is 215 Å². The van der Waals surface area contributed by atoms with Gasteiger partial charge in [-0.2, -0.15) is 13.2 Å². The highest BCUT2D eigenvalue weighted by molar-refractivity contribution is 6.04. The van der Waals surface area contributed by atoms with Gasteiger partial charge in [0.25, 0.3) is 5.91 Å². The Hall–Kier alpha value is -4.71. The van der Waals surface area contributed by atoms with Crippen molar-refractivity contribution in [2.45, 2.75) is 12.2 Å². The summed E-state index contributed by atoms with van der Waals surface area (Å²) in [6.45, 7) is 0.472. The maximum atomic E-state index is 12.8. The summed E-state index contributed by atoms with van der Waals surface area (Å²) in [5.41, 5.74) is 6.06. The van der Waals surface area contributed by atoms with Gasteiger partial charge in [0.2, 0.25) is 0 Å². The average Bonchev–Trinajstić information content (AvgIpc) is 2.88. The predicted molar refractivity (Wildman–Crippen MR) is 136 cm³/mol. The van der Waals surface area contributed by atoms with Crippen LogP contribution in [0.1, 0.15) is 27.5 Å². The van der Waals surface area contributed by atoms with Gasteiger partial charge in [0.15, 0.2) is 5.75 Å². The number of fused-ring (bicyclic) bond motifs is 1. The lowest BCUT2D eigenvalue weighted by molar-refractivity contribution is -0.137. The molecule has 5 N–H and O–H groups in total. The van der Waals surface area contributed by atoms with Crippen molar-refractivity contribution >= 4 is 34.4 Å². The zero-order valence-electron chi connectivity index (χ0n) is 20.0. The van der Waals surface area contributed by atoms with Crippen molar-refractivity contribution in [1.29, 1.82) is 0 Å². The number of hydrogen-bond donors (Lipinski definition) is 4. The molecule has 0 aliphatic rings. The molecular weight excluding hydrogens is 501 g/mol. The Bertz CT molecular complexity index is 1460. The van der Waals surface area contributed by atoms with E-state index in [1.807, 2.05) is 6.07 Å². The number of rotatable bonds is 8. The third kappa shape index (κ3) is 6.16. The summed E-state index contributed by atoms with van der Waals surface area (Å²) >= 11 is 0. The standard InChI is InChI=1S/C26H23F3N6O3/c1-31-13-20(35-23-19-6-3-7-21(38-25(30)37)22(19)32-14-33-23)16-4-2-5-18(12-16)34-24(36)15-8-10-17(11-9-15)26(27,28)29/h2-12,14,20,31H,13H2,1H3,(H2,30,37)(H,34,36)(H,32,33,35). The number of ether oxygens (including phenoxy) is 1. The topological polar surface area (TPSA) is 131 Å². The summed E-state index contributed by atoms with van der Waals surface area (Å²) in [5, 5.41) is 9.77. The van der Waals surface area contributed by atoms with Crippen LogP contribution in [0.5, 0.6) is 5.75 Å². The molecule has 1 unspecified atom stereocenters. The highest BCUT2D eigenvalue weighted by Gasteiger charge is 2.30. The number of nitrogens with zero attached hydrogens (tertiary/aromatic N) is 2. The number of primary amides is 1. The molecule has 2 amide bonds. The summed E-state index contributed by atoms with van der Waals surface area (Å²) in [5.74, 6) is 0.126. The number of benzene rings is 3. The van der Waals surface area contributed by atoms with Crippen LogP contribution in [0.15, 0.2) is 73.1 Å². The summed E-state index contributed by atoms with van der Waals surface area (Å²) in [4.78, 5) is 32.4. The second-order valence-corrected chi connectivity index (χ2v) is 8.20. The molecule has 4 aromatic rings. The van der Waals surface area contributed by atoms with Gasteiger partial charge in [-0.25, -0.2) is 14.8 Å². The van der Waals surface area contributed by atoms with Crippen LogP contribution in [0.4, 0.5) is 29.5 Å². The van der Waals surface area contributed by atoms with E-state index in [-0.39, 0.29) is 17.4 Å². The average molecular weight is 525 g/mol. The summed E-state index contributed by atoms with van der Waals surface area (Å²) in [6.07, 6.45) is -4.12. The fraction of sp³-hybridized carbons (Fsp3) is 0.154. The molecule has 9 nitrogen and oxygen atoms in total. The van der Waals surface area contributed by atoms with E-state index in [1.165, 1.54) is 6.33 Å². The molecule has 0 aliphatic carbocycles. The van der Waals surface area contributed by atoms with Crippen LogP contribution in [0.25, 0.3) is 10.9 Å². The van der Waals surface area contributed by atoms with Crippen LogP contribution in [-0.4, -0.2) is 35.6 Å². The van der Waals surface area contributed by atoms with Crippen LogP contribution in [0.3, 0.4) is 0 Å². The lowest BCUT2D eigenvalue weighted by Gasteiger charge is -2.21. The van der Waals surface area contributed by atoms with E-state index >= 15 is 0 Å². The molecule has 12 heteroatoms. The molecule has 0 radical (unpaired) electrons. The molecule has 196 valence electrons. The van der Waals surface area contributed by atoms with E-state index in [9.17, 15) is 22.8 Å². The minimum Gasteiger partial charge on any atom is -0.408 e. The zero-order valence-corrected chi connectivity index (χ0v) is 20.0. The highest BCUT2D eigenvalue weighted by Crippen LogP contribution is 2.31. The summed E-state index contributed by atoms with van der Waals surface area (Å²) < 4.78 is 43.5. The van der Waals surface area contributed by atoms with Crippen molar-refractivity contribution in [3.63, 3.8) is 0 Å². The Morgan fingerprint density at radius 1 is 1.03 bits per heavy atom. The van der Waals surface area contributed by atoms with Gasteiger partial charge >= 0.3 is 12.3 Å². The number of para-hydroxylation sites is 1. The predicted octanol–water partition coefficient (Wildman–Crippen LogP) is 4.73. The lowest BCUT2D eigenvalue weighted by atomic mass is 10.0. The van der Waals surface area contributed by atoms with Crippen molar-refractivity contribution in [1.82, 2.24) is 15.3 Å². The van der Waals surface area contributed by atoms with E-state index in [0.29, 0.717) is 29.0 Å². The van der Waals surface area contributed by atoms with Crippen molar-refractivity contribution in [2.75, 3.05) is 24.2 Å². The van der Waals surface area contributed by atoms with Crippen LogP contribution >= 0.6 is 0 Å². The summed E-state index contributed by atoms with van der Waals surface area (Å²) in [6, 6.07) is 15.7. The van der Waals surface area contributed by atoms with Gasteiger partial charge in [0.05, 0.1) is 11.6 Å². The maximum absolute atomic E-state index is 12.8. The van der Waals surface area contributed by atoms with Crippen molar-refractivity contribution in [3.05, 3.63) is 89.7 Å². The first-order chi connectivity index (χ1) is 18.2. The Morgan fingerprint density at radius 2 is 1.76 bits per heavy atom. The molecule has 0 aliphatic heterocycles. The number of halogens is 3. The van der Waals surface area contributed by atoms with E-state index < -0.39 is 23.7 Å². The fourth-order valence-corrected chi connectivity index (χ4v) is 3.83. The number of nitrogens with one attached hydrogen (secondary N) is 3. The molecule has 1 heterocycles. The minimum absolute atomic E-state index is 0.0924. The normalized spacial score (nSPS) is 12.1. The lowest BCUT2D eigenvalue weighted by Crippen LogP contribution is -2.24. The monoisotopic (exact) mass is 524 g/mol. The van der Waals surface area contributed by atoms with Gasteiger partial charge in [-0.15, -0.1) is 0 Å². The highest BCUT2D eigenvalue weighted by atomic mass is 19.4. The molecule has 3 aromatic carbocycles. The maximum Gasteiger partial charge on any atom is 0.416 e. The molecule has 0 saturated heterocycles. The van der Waals surface area contributed by atoms with Gasteiger partial charge in [-0.05, 0) is 61.1 Å². The van der Waals surface area contributed by atoms with Gasteiger partial charge in [-0.1, -0.05) is 18.2 Å². The van der Waals surface area contributed by atoms with Crippen molar-refractivity contribution in [2.24, 2.45) is 5.73 Å². The van der Waals surface area contributed by atoms with Crippen LogP contribution in [-0.2, 0) is 6.18 Å². The number of aromatic nitrogens is 2. The second-order valence-electron chi connectivity index (χ2n) is 8.20. The number of likely N-dealkylation sites (N-methyl/N-ethyl adjacent to an activating group) is 1. The van der Waals surface area contributed by atoms with E-state index in [4.69, 9.17) is 10.5 Å². The van der Waals surface area contributed by atoms with Crippen LogP contribution in [0.2, 0.25) is 0 Å². The fourth-order valence-electron chi connectivity index (χ4n) is 3.83. The number of alkyl halides is 3. The third-order valence-corrected chi connectivity index (χ3v) is 5.58. The molecule has 38 heavy (non-hydrogen) atoms. The Kier molecular flexibility index (Phi) is 7.72. The first-order valence-corrected chi connectivity index (χ1v) is 11.4. The molecule has 0 bridgehead atoms. The summed E-state index contributed by atoms with van der Waals surface area (Å²) in [7, 11) is 1.78. The minimum atomic E-state index is -4.48. The number of nitrogens with two attached hydrogens (primary N) is 1. The number of amides is 2. The number of hydrogen-bond acceptors (Lipinski definition) is 7. The van der Waals surface area contributed by atoms with Gasteiger partial charge in [-0.3, -0.25) is 4.79 Å². The van der Waals surface area contributed by atoms with E-state index in [0.717, 1.165) is 29.8 Å². The first kappa shape index (κ1) is 26.4. The molecule has 4 rings (SSSR count). The number of anilines is 2. The van der Waals surface area contributed by atoms with Gasteiger partial charge < -0.3 is 26.4 Å². The van der Waals surface area contributed by atoms with Crippen molar-refractivity contribution in [3.8, 4) is 5.75 Å². The third-order valence-electron chi connectivity index (χ3n) is 5.58. The van der Waals surface area contributed by atoms with Crippen molar-refractivity contribution < 1.29 is 27.5 Å². The molecule has 0 saturated carbocycles. The van der Waals surface area contributed by atoms with Gasteiger partial charge in [0, 0.05) is 23.2 Å². The number of carbonyl (C=O) groups excluding carboxylic acids is 2. The molecule has 1 aromatic heterocycles. The smallest absolute Gasteiger partial charge is 0.408 e. The first-order valence-electron chi connectivity index (χ1n) is 11.4. The largest absolute Gasteiger partial charge is 0.416 e. The quantitative estimate of drug-likeness (QED) is 0.262.